The Bertz CT molecular complexity index is 432. The van der Waals surface area contributed by atoms with Gasteiger partial charge in [0.2, 0.25) is 0 Å². The van der Waals surface area contributed by atoms with E-state index in [2.05, 4.69) is 20.1 Å². The minimum Gasteiger partial charge on any atom is -0.472 e. The molecule has 5 heteroatoms. The highest BCUT2D eigenvalue weighted by atomic mass is 16.3. The zero-order valence-corrected chi connectivity index (χ0v) is 7.60. The van der Waals surface area contributed by atoms with Crippen LogP contribution in [-0.4, -0.2) is 21.3 Å². The second-order valence-corrected chi connectivity index (χ2v) is 3.28. The molecule has 5 nitrogen and oxygen atoms in total. The summed E-state index contributed by atoms with van der Waals surface area (Å²) in [6.45, 7) is 2.68. The first-order chi connectivity index (χ1) is 6.95. The SMILES string of the molecule is c1cc(-c2nnc3n2CCNC3)co1. The molecule has 0 radical (unpaired) electrons. The lowest BCUT2D eigenvalue weighted by molar-refractivity contribution is 0.508. The van der Waals surface area contributed by atoms with Gasteiger partial charge in [-0.1, -0.05) is 0 Å². The number of aromatic nitrogens is 3. The maximum atomic E-state index is 5.03. The molecule has 14 heavy (non-hydrogen) atoms. The van der Waals surface area contributed by atoms with Crippen molar-refractivity contribution in [1.29, 1.82) is 0 Å². The summed E-state index contributed by atoms with van der Waals surface area (Å²) in [5.41, 5.74) is 0.991. The van der Waals surface area contributed by atoms with Gasteiger partial charge in [0, 0.05) is 13.1 Å². The first-order valence-corrected chi connectivity index (χ1v) is 4.60. The largest absolute Gasteiger partial charge is 0.472 e. The van der Waals surface area contributed by atoms with Crippen LogP contribution in [0.3, 0.4) is 0 Å². The fourth-order valence-electron chi connectivity index (χ4n) is 1.70. The Hall–Kier alpha value is -1.62. The lowest BCUT2D eigenvalue weighted by Crippen LogP contribution is -2.28. The number of rotatable bonds is 1. The molecule has 1 N–H and O–H groups in total. The maximum Gasteiger partial charge on any atom is 0.167 e. The van der Waals surface area contributed by atoms with Crippen LogP contribution < -0.4 is 5.32 Å². The van der Waals surface area contributed by atoms with E-state index in [0.29, 0.717) is 0 Å². The Morgan fingerprint density at radius 1 is 1.43 bits per heavy atom. The molecule has 0 bridgehead atoms. The Labute approximate surface area is 80.7 Å². The maximum absolute atomic E-state index is 5.03. The molecule has 0 spiro atoms. The molecule has 1 aliphatic rings. The van der Waals surface area contributed by atoms with Crippen molar-refractivity contribution < 1.29 is 4.42 Å². The normalized spacial score (nSPS) is 15.4. The van der Waals surface area contributed by atoms with Gasteiger partial charge in [-0.05, 0) is 6.07 Å². The molecule has 0 aromatic carbocycles. The average Bonchev–Trinajstić information content (AvgIpc) is 2.85. The molecule has 0 saturated carbocycles. The Morgan fingerprint density at radius 3 is 3.29 bits per heavy atom. The molecule has 1 aliphatic heterocycles. The second kappa shape index (κ2) is 2.95. The van der Waals surface area contributed by atoms with Gasteiger partial charge in [0.05, 0.1) is 18.4 Å². The summed E-state index contributed by atoms with van der Waals surface area (Å²) in [5, 5.41) is 11.5. The third-order valence-electron chi connectivity index (χ3n) is 2.40. The fraction of sp³-hybridized carbons (Fsp3) is 0.333. The summed E-state index contributed by atoms with van der Waals surface area (Å²) in [6.07, 6.45) is 3.34. The van der Waals surface area contributed by atoms with Crippen LogP contribution in [0.1, 0.15) is 5.82 Å². The van der Waals surface area contributed by atoms with E-state index in [1.165, 1.54) is 0 Å². The summed E-state index contributed by atoms with van der Waals surface area (Å²) < 4.78 is 7.16. The van der Waals surface area contributed by atoms with Crippen molar-refractivity contribution in [1.82, 2.24) is 20.1 Å². The molecule has 3 rings (SSSR count). The van der Waals surface area contributed by atoms with E-state index in [9.17, 15) is 0 Å². The van der Waals surface area contributed by atoms with Gasteiger partial charge in [-0.3, -0.25) is 0 Å². The quantitative estimate of drug-likeness (QED) is 0.717. The van der Waals surface area contributed by atoms with Crippen molar-refractivity contribution in [2.45, 2.75) is 13.1 Å². The molecule has 2 aromatic rings. The predicted molar refractivity (Wildman–Crippen MR) is 49.4 cm³/mol. The van der Waals surface area contributed by atoms with Crippen LogP contribution in [0, 0.1) is 0 Å². The smallest absolute Gasteiger partial charge is 0.167 e. The summed E-state index contributed by atoms with van der Waals surface area (Å²) in [4.78, 5) is 0. The van der Waals surface area contributed by atoms with Crippen molar-refractivity contribution in [2.24, 2.45) is 0 Å². The molecule has 0 aliphatic carbocycles. The number of nitrogens with zero attached hydrogens (tertiary/aromatic N) is 3. The Kier molecular flexibility index (Phi) is 1.63. The van der Waals surface area contributed by atoms with Crippen LogP contribution >= 0.6 is 0 Å². The molecule has 3 heterocycles. The van der Waals surface area contributed by atoms with E-state index < -0.39 is 0 Å². The highest BCUT2D eigenvalue weighted by molar-refractivity contribution is 5.53. The zero-order chi connectivity index (χ0) is 9.38. The number of hydrogen-bond donors (Lipinski definition) is 1. The third kappa shape index (κ3) is 1.06. The van der Waals surface area contributed by atoms with Gasteiger partial charge in [0.15, 0.2) is 5.82 Å². The van der Waals surface area contributed by atoms with E-state index in [1.807, 2.05) is 6.07 Å². The molecular formula is C9H10N4O. The summed E-state index contributed by atoms with van der Waals surface area (Å²) in [5.74, 6) is 1.89. The third-order valence-corrected chi connectivity index (χ3v) is 2.40. The first-order valence-electron chi connectivity index (χ1n) is 4.60. The number of hydrogen-bond acceptors (Lipinski definition) is 4. The Balaban J connectivity index is 2.11. The van der Waals surface area contributed by atoms with Crippen LogP contribution in [0.2, 0.25) is 0 Å². The molecule has 0 atom stereocenters. The van der Waals surface area contributed by atoms with Crippen LogP contribution in [0.25, 0.3) is 11.4 Å². The standard InChI is InChI=1S/C9H10N4O/c1-4-14-6-7(1)9-12-11-8-5-10-2-3-13(8)9/h1,4,6,10H,2-3,5H2. The van der Waals surface area contributed by atoms with Gasteiger partial charge in [-0.15, -0.1) is 10.2 Å². The van der Waals surface area contributed by atoms with E-state index in [4.69, 9.17) is 4.42 Å². The predicted octanol–water partition coefficient (Wildman–Crippen LogP) is 0.641. The molecular weight excluding hydrogens is 180 g/mol. The van der Waals surface area contributed by atoms with Crippen LogP contribution in [-0.2, 0) is 13.1 Å². The number of fused-ring (bicyclic) bond motifs is 1. The summed E-state index contributed by atoms with van der Waals surface area (Å²) in [6, 6.07) is 1.90. The molecule has 2 aromatic heterocycles. The molecule has 0 saturated heterocycles. The zero-order valence-electron chi connectivity index (χ0n) is 7.60. The monoisotopic (exact) mass is 190 g/mol. The van der Waals surface area contributed by atoms with Gasteiger partial charge in [0.1, 0.15) is 12.1 Å². The highest BCUT2D eigenvalue weighted by Crippen LogP contribution is 2.19. The fourth-order valence-corrected chi connectivity index (χ4v) is 1.70. The lowest BCUT2D eigenvalue weighted by atomic mass is 10.3. The molecule has 0 unspecified atom stereocenters. The van der Waals surface area contributed by atoms with Crippen molar-refractivity contribution >= 4 is 0 Å². The Morgan fingerprint density at radius 2 is 2.43 bits per heavy atom. The molecule has 0 amide bonds. The van der Waals surface area contributed by atoms with Crippen molar-refractivity contribution in [3.63, 3.8) is 0 Å². The average molecular weight is 190 g/mol. The minimum absolute atomic E-state index is 0.796. The van der Waals surface area contributed by atoms with Gasteiger partial charge in [-0.2, -0.15) is 0 Å². The van der Waals surface area contributed by atoms with E-state index in [1.54, 1.807) is 12.5 Å². The summed E-state index contributed by atoms with van der Waals surface area (Å²) >= 11 is 0. The first kappa shape index (κ1) is 7.75. The van der Waals surface area contributed by atoms with Crippen LogP contribution in [0.15, 0.2) is 23.0 Å². The number of nitrogens with one attached hydrogen (secondary N) is 1. The van der Waals surface area contributed by atoms with E-state index >= 15 is 0 Å². The van der Waals surface area contributed by atoms with Crippen molar-refractivity contribution in [2.75, 3.05) is 6.54 Å². The van der Waals surface area contributed by atoms with Gasteiger partial charge < -0.3 is 14.3 Å². The lowest BCUT2D eigenvalue weighted by Gasteiger charge is -2.15. The molecule has 72 valence electrons. The minimum atomic E-state index is 0.796. The van der Waals surface area contributed by atoms with E-state index in [-0.39, 0.29) is 0 Å². The van der Waals surface area contributed by atoms with E-state index in [0.717, 1.165) is 36.8 Å². The van der Waals surface area contributed by atoms with Gasteiger partial charge in [0.25, 0.3) is 0 Å². The second-order valence-electron chi connectivity index (χ2n) is 3.28. The van der Waals surface area contributed by atoms with Crippen LogP contribution in [0.5, 0.6) is 0 Å². The summed E-state index contributed by atoms with van der Waals surface area (Å²) in [7, 11) is 0. The van der Waals surface area contributed by atoms with Crippen molar-refractivity contribution in [3.8, 4) is 11.4 Å². The topological polar surface area (TPSA) is 55.9 Å². The highest BCUT2D eigenvalue weighted by Gasteiger charge is 2.16. The number of furan rings is 1. The van der Waals surface area contributed by atoms with Gasteiger partial charge >= 0.3 is 0 Å². The van der Waals surface area contributed by atoms with Gasteiger partial charge in [-0.25, -0.2) is 0 Å². The molecule has 0 fully saturated rings. The van der Waals surface area contributed by atoms with Crippen LogP contribution in [0.4, 0.5) is 0 Å². The van der Waals surface area contributed by atoms with Crippen molar-refractivity contribution in [3.05, 3.63) is 24.4 Å².